The predicted octanol–water partition coefficient (Wildman–Crippen LogP) is 2.50. The summed E-state index contributed by atoms with van der Waals surface area (Å²) in [5.41, 5.74) is 0. The molecule has 0 spiro atoms. The molecule has 15 heavy (non-hydrogen) atoms. The molecule has 2 nitrogen and oxygen atoms in total. The van der Waals surface area contributed by atoms with Crippen molar-refractivity contribution < 1.29 is 9.53 Å². The third-order valence-electron chi connectivity index (χ3n) is 2.03. The first-order valence-electron chi connectivity index (χ1n) is 4.87. The summed E-state index contributed by atoms with van der Waals surface area (Å²) in [6, 6.07) is 10.2. The minimum Gasteiger partial charge on any atom is -0.458 e. The van der Waals surface area contributed by atoms with E-state index in [1.807, 2.05) is 18.2 Å². The molecule has 0 saturated heterocycles. The molecule has 0 saturated carbocycles. The van der Waals surface area contributed by atoms with Crippen LogP contribution >= 0.6 is 7.92 Å². The second-order valence-electron chi connectivity index (χ2n) is 2.99. The fraction of sp³-hybridized carbons (Fsp3) is 0.250. The van der Waals surface area contributed by atoms with Crippen LogP contribution in [-0.2, 0) is 9.53 Å². The Morgan fingerprint density at radius 1 is 1.47 bits per heavy atom. The maximum atomic E-state index is 10.9. The zero-order valence-electron chi connectivity index (χ0n) is 8.85. The van der Waals surface area contributed by atoms with Crippen molar-refractivity contribution in [2.24, 2.45) is 0 Å². The van der Waals surface area contributed by atoms with Crippen molar-refractivity contribution in [1.82, 2.24) is 0 Å². The highest BCUT2D eigenvalue weighted by Crippen LogP contribution is 2.33. The lowest BCUT2D eigenvalue weighted by atomic mass is 10.4. The number of hydrogen-bond acceptors (Lipinski definition) is 2. The van der Waals surface area contributed by atoms with E-state index in [9.17, 15) is 4.79 Å². The third-order valence-corrected chi connectivity index (χ3v) is 4.27. The molecule has 1 unspecified atom stereocenters. The molecule has 0 radical (unpaired) electrons. The fourth-order valence-corrected chi connectivity index (χ4v) is 2.76. The van der Waals surface area contributed by atoms with Gasteiger partial charge in [-0.3, -0.25) is 0 Å². The summed E-state index contributed by atoms with van der Waals surface area (Å²) in [5, 5.41) is 1.27. The standard InChI is InChI=1S/C12H15O2P/c1-3-12(13)14-10-15(4-2)11-8-6-5-7-9-11/h3,5-9H,1,4,10H2,2H3. The molecular formula is C12H15O2P. The maximum absolute atomic E-state index is 10.9. The van der Waals surface area contributed by atoms with Crippen LogP contribution in [0.4, 0.5) is 0 Å². The number of hydrogen-bond donors (Lipinski definition) is 0. The van der Waals surface area contributed by atoms with Gasteiger partial charge in [-0.1, -0.05) is 43.8 Å². The third kappa shape index (κ3) is 3.85. The van der Waals surface area contributed by atoms with Gasteiger partial charge >= 0.3 is 5.97 Å². The van der Waals surface area contributed by atoms with Crippen LogP contribution in [0.15, 0.2) is 43.0 Å². The van der Waals surface area contributed by atoms with Crippen LogP contribution in [0.3, 0.4) is 0 Å². The molecule has 0 aliphatic heterocycles. The summed E-state index contributed by atoms with van der Waals surface area (Å²) in [4.78, 5) is 10.9. The van der Waals surface area contributed by atoms with Gasteiger partial charge in [0.15, 0.2) is 0 Å². The van der Waals surface area contributed by atoms with Gasteiger partial charge in [-0.25, -0.2) is 4.79 Å². The van der Waals surface area contributed by atoms with Gasteiger partial charge in [0.1, 0.15) is 6.35 Å². The number of ether oxygens (including phenoxy) is 1. The van der Waals surface area contributed by atoms with Crippen molar-refractivity contribution in [2.75, 3.05) is 12.5 Å². The first-order valence-corrected chi connectivity index (χ1v) is 6.58. The van der Waals surface area contributed by atoms with Crippen molar-refractivity contribution >= 4 is 19.2 Å². The predicted molar refractivity (Wildman–Crippen MR) is 64.7 cm³/mol. The second kappa shape index (κ2) is 6.36. The molecule has 1 aromatic carbocycles. The summed E-state index contributed by atoms with van der Waals surface area (Å²) in [6.07, 6.45) is 2.71. The van der Waals surface area contributed by atoms with Crippen LogP contribution in [-0.4, -0.2) is 18.5 Å². The van der Waals surface area contributed by atoms with E-state index >= 15 is 0 Å². The van der Waals surface area contributed by atoms with E-state index in [1.165, 1.54) is 11.4 Å². The molecule has 0 bridgehead atoms. The fourth-order valence-electron chi connectivity index (χ4n) is 1.19. The van der Waals surface area contributed by atoms with Crippen LogP contribution in [0, 0.1) is 0 Å². The molecular weight excluding hydrogens is 207 g/mol. The minimum absolute atomic E-state index is 0.341. The number of carbonyl (C=O) groups excluding carboxylic acids is 1. The van der Waals surface area contributed by atoms with Crippen LogP contribution in [0.25, 0.3) is 0 Å². The van der Waals surface area contributed by atoms with Gasteiger partial charge in [0.2, 0.25) is 0 Å². The lowest BCUT2D eigenvalue weighted by Crippen LogP contribution is -2.09. The Balaban J connectivity index is 2.57. The summed E-state index contributed by atoms with van der Waals surface area (Å²) >= 11 is 0. The average Bonchev–Trinajstić information content (AvgIpc) is 2.31. The number of rotatable bonds is 5. The Kier molecular flexibility index (Phi) is 5.06. The first-order chi connectivity index (χ1) is 7.27. The van der Waals surface area contributed by atoms with Gasteiger partial charge in [0.05, 0.1) is 0 Å². The molecule has 0 fully saturated rings. The summed E-state index contributed by atoms with van der Waals surface area (Å²) in [7, 11) is -0.383. The number of carbonyl (C=O) groups is 1. The van der Waals surface area contributed by atoms with Crippen LogP contribution < -0.4 is 5.30 Å². The van der Waals surface area contributed by atoms with Crippen LogP contribution in [0.5, 0.6) is 0 Å². The lowest BCUT2D eigenvalue weighted by molar-refractivity contribution is -0.135. The zero-order valence-corrected chi connectivity index (χ0v) is 9.74. The monoisotopic (exact) mass is 222 g/mol. The van der Waals surface area contributed by atoms with Gasteiger partial charge < -0.3 is 4.74 Å². The van der Waals surface area contributed by atoms with Crippen molar-refractivity contribution in [3.63, 3.8) is 0 Å². The Morgan fingerprint density at radius 2 is 2.13 bits per heavy atom. The van der Waals surface area contributed by atoms with Crippen LogP contribution in [0.1, 0.15) is 6.92 Å². The van der Waals surface area contributed by atoms with Gasteiger partial charge in [0, 0.05) is 6.08 Å². The van der Waals surface area contributed by atoms with Crippen molar-refractivity contribution in [3.05, 3.63) is 43.0 Å². The first kappa shape index (κ1) is 11.9. The number of esters is 1. The highest BCUT2D eigenvalue weighted by molar-refractivity contribution is 7.65. The summed E-state index contributed by atoms with van der Waals surface area (Å²) in [5.74, 6) is -0.341. The van der Waals surface area contributed by atoms with E-state index in [1.54, 1.807) is 0 Å². The van der Waals surface area contributed by atoms with E-state index in [-0.39, 0.29) is 13.9 Å². The van der Waals surface area contributed by atoms with Crippen LogP contribution in [0.2, 0.25) is 0 Å². The summed E-state index contributed by atoms with van der Waals surface area (Å²) < 4.78 is 5.07. The molecule has 1 aromatic rings. The smallest absolute Gasteiger partial charge is 0.330 e. The maximum Gasteiger partial charge on any atom is 0.330 e. The molecule has 0 heterocycles. The highest BCUT2D eigenvalue weighted by atomic mass is 31.1. The highest BCUT2D eigenvalue weighted by Gasteiger charge is 2.09. The molecule has 1 rings (SSSR count). The molecule has 0 aliphatic carbocycles. The molecule has 1 atom stereocenters. The largest absolute Gasteiger partial charge is 0.458 e. The molecule has 0 aliphatic rings. The van der Waals surface area contributed by atoms with E-state index < -0.39 is 0 Å². The van der Waals surface area contributed by atoms with E-state index in [4.69, 9.17) is 4.74 Å². The molecule has 3 heteroatoms. The molecule has 0 aromatic heterocycles. The Bertz CT molecular complexity index is 322. The summed E-state index contributed by atoms with van der Waals surface area (Å²) in [6.45, 7) is 5.48. The van der Waals surface area contributed by atoms with Gasteiger partial charge in [-0.15, -0.1) is 0 Å². The van der Waals surface area contributed by atoms with E-state index in [2.05, 4.69) is 25.6 Å². The van der Waals surface area contributed by atoms with Gasteiger partial charge in [-0.05, 0) is 19.4 Å². The number of benzene rings is 1. The van der Waals surface area contributed by atoms with Gasteiger partial charge in [-0.2, -0.15) is 0 Å². The van der Waals surface area contributed by atoms with E-state index in [0.29, 0.717) is 6.35 Å². The average molecular weight is 222 g/mol. The molecule has 0 N–H and O–H groups in total. The Labute approximate surface area is 91.7 Å². The van der Waals surface area contributed by atoms with Crippen molar-refractivity contribution in [3.8, 4) is 0 Å². The topological polar surface area (TPSA) is 26.3 Å². The Morgan fingerprint density at radius 3 is 2.67 bits per heavy atom. The zero-order chi connectivity index (χ0) is 11.1. The van der Waals surface area contributed by atoms with Crippen molar-refractivity contribution in [1.29, 1.82) is 0 Å². The second-order valence-corrected chi connectivity index (χ2v) is 5.47. The normalized spacial score (nSPS) is 11.8. The quantitative estimate of drug-likeness (QED) is 0.434. The Hall–Kier alpha value is -1.14. The van der Waals surface area contributed by atoms with E-state index in [0.717, 1.165) is 6.16 Å². The van der Waals surface area contributed by atoms with Gasteiger partial charge in [0.25, 0.3) is 0 Å². The minimum atomic E-state index is -0.383. The SMILES string of the molecule is C=CC(=O)OCP(CC)c1ccccc1. The molecule has 80 valence electrons. The lowest BCUT2D eigenvalue weighted by Gasteiger charge is -2.15. The molecule has 0 amide bonds. The van der Waals surface area contributed by atoms with Crippen molar-refractivity contribution in [2.45, 2.75) is 6.92 Å².